The Morgan fingerprint density at radius 3 is 2.53 bits per heavy atom. The molecule has 0 amide bonds. The van der Waals surface area contributed by atoms with Gasteiger partial charge in [0.15, 0.2) is 0 Å². The molecular weight excluding hydrogens is 226 g/mol. The lowest BCUT2D eigenvalue weighted by Crippen LogP contribution is -2.24. The summed E-state index contributed by atoms with van der Waals surface area (Å²) in [4.78, 5) is 0. The predicted molar refractivity (Wildman–Crippen MR) is 79.9 cm³/mol. The van der Waals surface area contributed by atoms with Gasteiger partial charge in [0.25, 0.3) is 0 Å². The van der Waals surface area contributed by atoms with E-state index in [1.807, 2.05) is 11.8 Å². The molecule has 1 atom stereocenters. The fourth-order valence-corrected chi connectivity index (χ4v) is 2.59. The van der Waals surface area contributed by atoms with Crippen LogP contribution in [0.4, 0.5) is 0 Å². The van der Waals surface area contributed by atoms with Crippen LogP contribution in [0.15, 0.2) is 18.2 Å². The number of thioether (sulfide) groups is 1. The lowest BCUT2D eigenvalue weighted by Gasteiger charge is -2.19. The van der Waals surface area contributed by atoms with Crippen LogP contribution in [0.5, 0.6) is 0 Å². The fraction of sp³-hybridized carbons (Fsp3) is 0.600. The third kappa shape index (κ3) is 4.72. The predicted octanol–water partition coefficient (Wildman–Crippen LogP) is 4.10. The van der Waals surface area contributed by atoms with Crippen molar-refractivity contribution >= 4 is 11.8 Å². The van der Waals surface area contributed by atoms with Gasteiger partial charge in [-0.15, -0.1) is 0 Å². The maximum absolute atomic E-state index is 3.65. The molecule has 0 heterocycles. The molecule has 0 radical (unpaired) electrons. The van der Waals surface area contributed by atoms with Gasteiger partial charge in [-0.05, 0) is 49.3 Å². The molecule has 17 heavy (non-hydrogen) atoms. The molecule has 0 spiro atoms. The van der Waals surface area contributed by atoms with E-state index in [-0.39, 0.29) is 0 Å². The van der Waals surface area contributed by atoms with Crippen molar-refractivity contribution in [2.75, 3.05) is 18.1 Å². The van der Waals surface area contributed by atoms with Crippen molar-refractivity contribution in [3.05, 3.63) is 34.9 Å². The van der Waals surface area contributed by atoms with Crippen molar-refractivity contribution in [1.29, 1.82) is 0 Å². The zero-order valence-corrected chi connectivity index (χ0v) is 12.4. The number of benzene rings is 1. The summed E-state index contributed by atoms with van der Waals surface area (Å²) < 4.78 is 0. The van der Waals surface area contributed by atoms with E-state index in [9.17, 15) is 0 Å². The normalized spacial score (nSPS) is 12.7. The van der Waals surface area contributed by atoms with E-state index in [2.05, 4.69) is 51.2 Å². The van der Waals surface area contributed by atoms with Crippen molar-refractivity contribution in [2.24, 2.45) is 0 Å². The fourth-order valence-electron chi connectivity index (χ4n) is 1.81. The third-order valence-corrected chi connectivity index (χ3v) is 4.04. The van der Waals surface area contributed by atoms with Crippen molar-refractivity contribution < 1.29 is 0 Å². The maximum atomic E-state index is 3.65. The van der Waals surface area contributed by atoms with Gasteiger partial charge in [-0.2, -0.15) is 11.8 Å². The summed E-state index contributed by atoms with van der Waals surface area (Å²) >= 11 is 2.01. The van der Waals surface area contributed by atoms with Gasteiger partial charge in [0, 0.05) is 11.8 Å². The van der Waals surface area contributed by atoms with E-state index >= 15 is 0 Å². The molecule has 1 nitrogen and oxygen atoms in total. The minimum absolute atomic E-state index is 0.499. The molecule has 0 saturated carbocycles. The molecule has 96 valence electrons. The van der Waals surface area contributed by atoms with Crippen molar-refractivity contribution in [2.45, 2.75) is 40.2 Å². The smallest absolute Gasteiger partial charge is 0.0411 e. The number of hydrogen-bond donors (Lipinski definition) is 1. The lowest BCUT2D eigenvalue weighted by molar-refractivity contribution is 0.577. The first-order valence-corrected chi connectivity index (χ1v) is 7.72. The summed E-state index contributed by atoms with van der Waals surface area (Å²) in [6.07, 6.45) is 1.19. The van der Waals surface area contributed by atoms with Gasteiger partial charge in [0.05, 0.1) is 0 Å². The molecule has 0 aliphatic rings. The Kier molecular flexibility index (Phi) is 6.68. The summed E-state index contributed by atoms with van der Waals surface area (Å²) in [6.45, 7) is 9.91. The zero-order valence-electron chi connectivity index (χ0n) is 11.5. The highest BCUT2D eigenvalue weighted by molar-refractivity contribution is 7.99. The van der Waals surface area contributed by atoms with Gasteiger partial charge in [-0.25, -0.2) is 0 Å². The molecular formula is C15H25NS. The molecule has 1 unspecified atom stereocenters. The third-order valence-electron chi connectivity index (χ3n) is 3.06. The van der Waals surface area contributed by atoms with Crippen LogP contribution in [0.1, 0.15) is 43.0 Å². The SMILES string of the molecule is CCCNC(CSCC)c1ccc(C)c(C)c1. The highest BCUT2D eigenvalue weighted by Gasteiger charge is 2.10. The lowest BCUT2D eigenvalue weighted by atomic mass is 10.0. The van der Waals surface area contributed by atoms with Gasteiger partial charge in [-0.1, -0.05) is 32.0 Å². The second-order valence-corrected chi connectivity index (χ2v) is 5.83. The second-order valence-electron chi connectivity index (χ2n) is 4.51. The van der Waals surface area contributed by atoms with Crippen LogP contribution in [-0.4, -0.2) is 18.1 Å². The Hall–Kier alpha value is -0.470. The molecule has 0 aromatic heterocycles. The van der Waals surface area contributed by atoms with E-state index in [4.69, 9.17) is 0 Å². The van der Waals surface area contributed by atoms with Crippen LogP contribution in [0.3, 0.4) is 0 Å². The number of aryl methyl sites for hydroxylation is 2. The molecule has 2 heteroatoms. The van der Waals surface area contributed by atoms with Gasteiger partial charge in [0.2, 0.25) is 0 Å². The Balaban J connectivity index is 2.75. The number of nitrogens with one attached hydrogen (secondary N) is 1. The van der Waals surface area contributed by atoms with Crippen LogP contribution < -0.4 is 5.32 Å². The summed E-state index contributed by atoms with van der Waals surface area (Å²) in [7, 11) is 0. The van der Waals surface area contributed by atoms with Gasteiger partial charge >= 0.3 is 0 Å². The molecule has 1 N–H and O–H groups in total. The second kappa shape index (κ2) is 7.78. The summed E-state index contributed by atoms with van der Waals surface area (Å²) in [5.41, 5.74) is 4.21. The van der Waals surface area contributed by atoms with Gasteiger partial charge in [-0.3, -0.25) is 0 Å². The van der Waals surface area contributed by atoms with Crippen molar-refractivity contribution in [1.82, 2.24) is 5.32 Å². The van der Waals surface area contributed by atoms with E-state index in [1.54, 1.807) is 0 Å². The first-order valence-electron chi connectivity index (χ1n) is 6.57. The quantitative estimate of drug-likeness (QED) is 0.783. The summed E-state index contributed by atoms with van der Waals surface area (Å²) in [5, 5.41) is 3.65. The maximum Gasteiger partial charge on any atom is 0.0411 e. The minimum Gasteiger partial charge on any atom is -0.309 e. The number of rotatable bonds is 7. The van der Waals surface area contributed by atoms with E-state index in [1.165, 1.54) is 34.6 Å². The van der Waals surface area contributed by atoms with E-state index < -0.39 is 0 Å². The van der Waals surface area contributed by atoms with Crippen molar-refractivity contribution in [3.63, 3.8) is 0 Å². The zero-order chi connectivity index (χ0) is 12.7. The summed E-state index contributed by atoms with van der Waals surface area (Å²) in [6, 6.07) is 7.34. The monoisotopic (exact) mass is 251 g/mol. The molecule has 1 rings (SSSR count). The molecule has 0 aliphatic carbocycles. The van der Waals surface area contributed by atoms with Gasteiger partial charge in [0.1, 0.15) is 0 Å². The molecule has 0 bridgehead atoms. The van der Waals surface area contributed by atoms with Gasteiger partial charge < -0.3 is 5.32 Å². The summed E-state index contributed by atoms with van der Waals surface area (Å²) in [5.74, 6) is 2.36. The van der Waals surface area contributed by atoms with Crippen LogP contribution in [0.25, 0.3) is 0 Å². The molecule has 1 aromatic rings. The average Bonchev–Trinajstić information content (AvgIpc) is 2.33. The van der Waals surface area contributed by atoms with Crippen LogP contribution in [0, 0.1) is 13.8 Å². The highest BCUT2D eigenvalue weighted by atomic mass is 32.2. The van der Waals surface area contributed by atoms with Crippen LogP contribution >= 0.6 is 11.8 Å². The van der Waals surface area contributed by atoms with E-state index in [0.29, 0.717) is 6.04 Å². The van der Waals surface area contributed by atoms with Crippen LogP contribution in [0.2, 0.25) is 0 Å². The topological polar surface area (TPSA) is 12.0 Å². The Labute approximate surface area is 110 Å². The Morgan fingerprint density at radius 2 is 1.94 bits per heavy atom. The largest absolute Gasteiger partial charge is 0.309 e. The molecule has 0 aliphatic heterocycles. The minimum atomic E-state index is 0.499. The molecule has 1 aromatic carbocycles. The average molecular weight is 251 g/mol. The van der Waals surface area contributed by atoms with Crippen LogP contribution in [-0.2, 0) is 0 Å². The van der Waals surface area contributed by atoms with Crippen molar-refractivity contribution in [3.8, 4) is 0 Å². The Morgan fingerprint density at radius 1 is 1.18 bits per heavy atom. The Bertz CT molecular complexity index is 328. The standard InChI is InChI=1S/C15H25NS/c1-5-9-16-15(11-17-6-2)14-8-7-12(3)13(4)10-14/h7-8,10,15-16H,5-6,9,11H2,1-4H3. The molecule has 0 saturated heterocycles. The highest BCUT2D eigenvalue weighted by Crippen LogP contribution is 2.21. The first kappa shape index (κ1) is 14.6. The van der Waals surface area contributed by atoms with E-state index in [0.717, 1.165) is 6.54 Å². The molecule has 0 fully saturated rings. The number of hydrogen-bond acceptors (Lipinski definition) is 2. The first-order chi connectivity index (χ1) is 8.19.